The number of aromatic nitrogens is 3. The molecule has 0 spiro atoms. The maximum Gasteiger partial charge on any atom is 0.453 e. The number of alkyl halides is 3. The lowest BCUT2D eigenvalue weighted by Gasteiger charge is -2.11. The van der Waals surface area contributed by atoms with Gasteiger partial charge in [-0.2, -0.15) is 18.2 Å². The smallest absolute Gasteiger partial charge is 0.347 e. The molecule has 0 bridgehead atoms. The third kappa shape index (κ3) is 1.32. The molecule has 1 amide bonds. The highest BCUT2D eigenvalue weighted by Crippen LogP contribution is 2.26. The maximum absolute atomic E-state index is 12.1. The van der Waals surface area contributed by atoms with Crippen LogP contribution < -0.4 is 5.32 Å². The topological polar surface area (TPSA) is 59.8 Å². The summed E-state index contributed by atoms with van der Waals surface area (Å²) in [5.74, 6) is -2.19. The summed E-state index contributed by atoms with van der Waals surface area (Å²) in [6.45, 7) is 0.483. The summed E-state index contributed by atoms with van der Waals surface area (Å²) >= 11 is 0. The van der Waals surface area contributed by atoms with E-state index in [2.05, 4.69) is 15.4 Å². The Morgan fingerprint density at radius 1 is 1.43 bits per heavy atom. The normalized spacial score (nSPS) is 16.4. The second-order valence-electron chi connectivity index (χ2n) is 2.74. The largest absolute Gasteiger partial charge is 0.453 e. The van der Waals surface area contributed by atoms with E-state index in [1.807, 2.05) is 0 Å². The van der Waals surface area contributed by atoms with Gasteiger partial charge in [0.15, 0.2) is 0 Å². The fourth-order valence-electron chi connectivity index (χ4n) is 1.14. The molecule has 0 saturated carbocycles. The van der Waals surface area contributed by atoms with Crippen molar-refractivity contribution >= 4 is 5.91 Å². The lowest BCUT2D eigenvalue weighted by atomic mass is 10.4. The Bertz CT molecular complexity index is 383. The fraction of sp³-hybridized carbons (Fsp3) is 0.500. The van der Waals surface area contributed by atoms with Crippen LogP contribution in [-0.4, -0.2) is 27.2 Å². The molecule has 14 heavy (non-hydrogen) atoms. The van der Waals surface area contributed by atoms with Crippen LogP contribution in [0.2, 0.25) is 0 Å². The van der Waals surface area contributed by atoms with Gasteiger partial charge in [-0.3, -0.25) is 4.79 Å². The molecular formula is C6H5F3N4O. The van der Waals surface area contributed by atoms with Gasteiger partial charge in [-0.25, -0.2) is 4.68 Å². The standard InChI is InChI=1S/C6H5F3N4O/c7-6(8,9)5-11-3-4(14)10-1-2-13(3)12-5/h1-2H2,(H,10,14). The predicted octanol–water partition coefficient (Wildman–Crippen LogP) is 0.0403. The van der Waals surface area contributed by atoms with Crippen LogP contribution >= 0.6 is 0 Å². The second-order valence-corrected chi connectivity index (χ2v) is 2.74. The predicted molar refractivity (Wildman–Crippen MR) is 37.4 cm³/mol. The van der Waals surface area contributed by atoms with E-state index in [4.69, 9.17) is 0 Å². The van der Waals surface area contributed by atoms with E-state index in [0.717, 1.165) is 4.68 Å². The van der Waals surface area contributed by atoms with Crippen LogP contribution in [0.4, 0.5) is 13.2 Å². The van der Waals surface area contributed by atoms with Gasteiger partial charge in [0, 0.05) is 6.54 Å². The van der Waals surface area contributed by atoms with Crippen LogP contribution in [0.3, 0.4) is 0 Å². The van der Waals surface area contributed by atoms with Crippen molar-refractivity contribution in [3.8, 4) is 0 Å². The average molecular weight is 206 g/mol. The summed E-state index contributed by atoms with van der Waals surface area (Å²) in [6, 6.07) is 0. The highest BCUT2D eigenvalue weighted by Gasteiger charge is 2.38. The van der Waals surface area contributed by atoms with Gasteiger partial charge in [-0.15, -0.1) is 5.10 Å². The molecular weight excluding hydrogens is 201 g/mol. The van der Waals surface area contributed by atoms with Crippen LogP contribution in [0.15, 0.2) is 0 Å². The van der Waals surface area contributed by atoms with Crippen molar-refractivity contribution in [1.82, 2.24) is 20.1 Å². The van der Waals surface area contributed by atoms with Gasteiger partial charge in [0.25, 0.3) is 11.7 Å². The van der Waals surface area contributed by atoms with Crippen molar-refractivity contribution in [3.63, 3.8) is 0 Å². The first-order valence-corrected chi connectivity index (χ1v) is 3.79. The van der Waals surface area contributed by atoms with Gasteiger partial charge >= 0.3 is 6.18 Å². The van der Waals surface area contributed by atoms with Crippen LogP contribution in [0.1, 0.15) is 16.4 Å². The highest BCUT2D eigenvalue weighted by molar-refractivity contribution is 5.91. The van der Waals surface area contributed by atoms with E-state index in [1.165, 1.54) is 0 Å². The number of hydrogen-bond donors (Lipinski definition) is 1. The molecule has 1 N–H and O–H groups in total. The third-order valence-corrected chi connectivity index (χ3v) is 1.74. The molecule has 0 radical (unpaired) electrons. The van der Waals surface area contributed by atoms with E-state index in [-0.39, 0.29) is 18.9 Å². The minimum Gasteiger partial charge on any atom is -0.347 e. The molecule has 2 heterocycles. The van der Waals surface area contributed by atoms with Gasteiger partial charge < -0.3 is 5.32 Å². The summed E-state index contributed by atoms with van der Waals surface area (Å²) in [5, 5.41) is 5.57. The average Bonchev–Trinajstić information content (AvgIpc) is 2.48. The number of rotatable bonds is 0. The molecule has 0 aromatic carbocycles. The molecule has 8 heteroatoms. The number of hydrogen-bond acceptors (Lipinski definition) is 3. The molecule has 0 fully saturated rings. The first-order chi connectivity index (χ1) is 6.48. The summed E-state index contributed by atoms with van der Waals surface area (Å²) in [5.41, 5.74) is 0. The Labute approximate surface area is 75.9 Å². The number of amides is 1. The number of nitrogens with one attached hydrogen (secondary N) is 1. The van der Waals surface area contributed by atoms with Crippen molar-refractivity contribution in [2.45, 2.75) is 12.7 Å². The minimum atomic E-state index is -4.61. The molecule has 1 aromatic rings. The molecule has 1 aliphatic heterocycles. The Hall–Kier alpha value is -1.60. The molecule has 0 unspecified atom stereocenters. The minimum absolute atomic E-state index is 0.212. The number of halogens is 3. The van der Waals surface area contributed by atoms with E-state index in [1.54, 1.807) is 0 Å². The molecule has 76 valence electrons. The van der Waals surface area contributed by atoms with Gasteiger partial charge in [0.05, 0.1) is 6.54 Å². The zero-order valence-electron chi connectivity index (χ0n) is 6.80. The lowest BCUT2D eigenvalue weighted by Crippen LogP contribution is -2.36. The van der Waals surface area contributed by atoms with Crippen LogP contribution in [0.25, 0.3) is 0 Å². The third-order valence-electron chi connectivity index (χ3n) is 1.74. The summed E-state index contributed by atoms with van der Waals surface area (Å²) in [4.78, 5) is 14.1. The van der Waals surface area contributed by atoms with Crippen LogP contribution in [0.5, 0.6) is 0 Å². The quantitative estimate of drug-likeness (QED) is 0.652. The van der Waals surface area contributed by atoms with E-state index in [0.29, 0.717) is 0 Å². The fourth-order valence-corrected chi connectivity index (χ4v) is 1.14. The van der Waals surface area contributed by atoms with Crippen LogP contribution in [-0.2, 0) is 12.7 Å². The molecule has 1 aliphatic rings. The number of fused-ring (bicyclic) bond motifs is 1. The Morgan fingerprint density at radius 2 is 2.14 bits per heavy atom. The number of carbonyl (C=O) groups excluding carboxylic acids is 1. The van der Waals surface area contributed by atoms with E-state index in [9.17, 15) is 18.0 Å². The van der Waals surface area contributed by atoms with Crippen molar-refractivity contribution < 1.29 is 18.0 Å². The monoisotopic (exact) mass is 206 g/mol. The molecule has 1 aromatic heterocycles. The number of carbonyl (C=O) groups is 1. The molecule has 2 rings (SSSR count). The zero-order valence-corrected chi connectivity index (χ0v) is 6.80. The molecule has 0 aliphatic carbocycles. The molecule has 0 atom stereocenters. The van der Waals surface area contributed by atoms with E-state index < -0.39 is 17.9 Å². The van der Waals surface area contributed by atoms with Crippen molar-refractivity contribution in [2.24, 2.45) is 0 Å². The first kappa shape index (κ1) is 8.97. The van der Waals surface area contributed by atoms with Crippen molar-refractivity contribution in [3.05, 3.63) is 11.6 Å². The summed E-state index contributed by atoms with van der Waals surface area (Å²) in [6.07, 6.45) is -4.61. The second kappa shape index (κ2) is 2.69. The lowest BCUT2D eigenvalue weighted by molar-refractivity contribution is -0.145. The summed E-state index contributed by atoms with van der Waals surface area (Å²) in [7, 11) is 0. The molecule has 5 nitrogen and oxygen atoms in total. The molecule has 0 saturated heterocycles. The Kier molecular flexibility index (Phi) is 1.73. The zero-order chi connectivity index (χ0) is 10.3. The van der Waals surface area contributed by atoms with Crippen molar-refractivity contribution in [2.75, 3.05) is 6.54 Å². The van der Waals surface area contributed by atoms with Gasteiger partial charge in [-0.05, 0) is 0 Å². The highest BCUT2D eigenvalue weighted by atomic mass is 19.4. The Morgan fingerprint density at radius 3 is 2.71 bits per heavy atom. The Balaban J connectivity index is 2.45. The van der Waals surface area contributed by atoms with Crippen LogP contribution in [0, 0.1) is 0 Å². The summed E-state index contributed by atoms with van der Waals surface area (Å²) < 4.78 is 37.4. The van der Waals surface area contributed by atoms with Gasteiger partial charge in [0.2, 0.25) is 5.82 Å². The van der Waals surface area contributed by atoms with E-state index >= 15 is 0 Å². The number of nitrogens with zero attached hydrogens (tertiary/aromatic N) is 3. The first-order valence-electron chi connectivity index (χ1n) is 3.79. The van der Waals surface area contributed by atoms with Crippen molar-refractivity contribution in [1.29, 1.82) is 0 Å². The SMILES string of the molecule is O=C1NCCn2nc(C(F)(F)F)nc21. The van der Waals surface area contributed by atoms with Gasteiger partial charge in [0.1, 0.15) is 0 Å². The van der Waals surface area contributed by atoms with Gasteiger partial charge in [-0.1, -0.05) is 0 Å². The maximum atomic E-state index is 12.1.